The van der Waals surface area contributed by atoms with Crippen molar-refractivity contribution in [2.75, 3.05) is 17.2 Å². The van der Waals surface area contributed by atoms with E-state index in [0.717, 1.165) is 43.6 Å². The van der Waals surface area contributed by atoms with Crippen LogP contribution < -0.4 is 10.6 Å². The fourth-order valence-electron chi connectivity index (χ4n) is 2.05. The van der Waals surface area contributed by atoms with E-state index in [9.17, 15) is 13.6 Å². The molecule has 0 atom stereocenters. The molecular formula is C17H19F2N3O. The summed E-state index contributed by atoms with van der Waals surface area (Å²) in [6, 6.07) is 4.64. The van der Waals surface area contributed by atoms with Crippen molar-refractivity contribution in [3.05, 3.63) is 53.9 Å². The van der Waals surface area contributed by atoms with Gasteiger partial charge in [-0.1, -0.05) is 19.8 Å². The van der Waals surface area contributed by atoms with Crippen molar-refractivity contribution in [2.45, 2.75) is 26.2 Å². The fourth-order valence-corrected chi connectivity index (χ4v) is 2.05. The van der Waals surface area contributed by atoms with E-state index in [1.807, 2.05) is 0 Å². The smallest absolute Gasteiger partial charge is 0.257 e. The number of rotatable bonds is 7. The van der Waals surface area contributed by atoms with Gasteiger partial charge in [-0.3, -0.25) is 9.78 Å². The van der Waals surface area contributed by atoms with Crippen molar-refractivity contribution in [1.82, 2.24) is 4.98 Å². The summed E-state index contributed by atoms with van der Waals surface area (Å²) in [5.74, 6) is -2.01. The lowest BCUT2D eigenvalue weighted by molar-refractivity contribution is 0.102. The van der Waals surface area contributed by atoms with Crippen molar-refractivity contribution < 1.29 is 13.6 Å². The largest absolute Gasteiger partial charge is 0.384 e. The van der Waals surface area contributed by atoms with Crippen LogP contribution in [0.4, 0.5) is 20.2 Å². The second kappa shape index (κ2) is 8.22. The summed E-state index contributed by atoms with van der Waals surface area (Å²) in [5, 5.41) is 5.60. The zero-order valence-corrected chi connectivity index (χ0v) is 12.9. The number of benzene rings is 1. The molecule has 6 heteroatoms. The first-order valence-electron chi connectivity index (χ1n) is 7.55. The van der Waals surface area contributed by atoms with Crippen LogP contribution in [-0.2, 0) is 0 Å². The number of anilines is 2. The van der Waals surface area contributed by atoms with E-state index >= 15 is 0 Å². The highest BCUT2D eigenvalue weighted by molar-refractivity contribution is 6.04. The van der Waals surface area contributed by atoms with Crippen LogP contribution in [0.25, 0.3) is 0 Å². The molecule has 122 valence electrons. The van der Waals surface area contributed by atoms with Gasteiger partial charge in [-0.15, -0.1) is 0 Å². The molecule has 0 aliphatic heterocycles. The average molecular weight is 319 g/mol. The third-order valence-electron chi connectivity index (χ3n) is 3.29. The Labute approximate surface area is 133 Å². The number of nitrogens with one attached hydrogen (secondary N) is 2. The van der Waals surface area contributed by atoms with Gasteiger partial charge in [0.15, 0.2) is 0 Å². The summed E-state index contributed by atoms with van der Waals surface area (Å²) in [6.07, 6.45) is 6.32. The molecule has 0 saturated carbocycles. The molecule has 4 nitrogen and oxygen atoms in total. The molecule has 0 radical (unpaired) electrons. The number of pyridine rings is 1. The number of carbonyl (C=O) groups excluding carboxylic acids is 1. The molecule has 0 spiro atoms. The van der Waals surface area contributed by atoms with Crippen LogP contribution in [0.15, 0.2) is 36.7 Å². The highest BCUT2D eigenvalue weighted by atomic mass is 19.1. The second-order valence-corrected chi connectivity index (χ2v) is 5.17. The van der Waals surface area contributed by atoms with Crippen molar-refractivity contribution in [2.24, 2.45) is 0 Å². The Kier molecular flexibility index (Phi) is 6.02. The molecule has 1 heterocycles. The topological polar surface area (TPSA) is 54.0 Å². The van der Waals surface area contributed by atoms with E-state index < -0.39 is 17.5 Å². The van der Waals surface area contributed by atoms with Gasteiger partial charge in [0.1, 0.15) is 11.6 Å². The number of carbonyl (C=O) groups is 1. The number of hydrogen-bond acceptors (Lipinski definition) is 3. The van der Waals surface area contributed by atoms with E-state index in [-0.39, 0.29) is 5.69 Å². The number of nitrogens with zero attached hydrogens (tertiary/aromatic N) is 1. The predicted octanol–water partition coefficient (Wildman–Crippen LogP) is 4.21. The SMILES string of the molecule is CCCCCNc1cncc(C(=O)Nc2ccc(F)cc2F)c1. The molecule has 2 N–H and O–H groups in total. The first-order chi connectivity index (χ1) is 11.1. The lowest BCUT2D eigenvalue weighted by atomic mass is 10.2. The molecule has 2 rings (SSSR count). The standard InChI is InChI=1S/C17H19F2N3O/c1-2-3-4-7-21-14-8-12(10-20-11-14)17(23)22-16-6-5-13(18)9-15(16)19/h5-6,8-11,21H,2-4,7H2,1H3,(H,22,23). The summed E-state index contributed by atoms with van der Waals surface area (Å²) in [4.78, 5) is 16.1. The predicted molar refractivity (Wildman–Crippen MR) is 86.6 cm³/mol. The zero-order valence-electron chi connectivity index (χ0n) is 12.9. The van der Waals surface area contributed by atoms with E-state index in [1.165, 1.54) is 12.3 Å². The van der Waals surface area contributed by atoms with E-state index in [4.69, 9.17) is 0 Å². The molecule has 0 saturated heterocycles. The monoisotopic (exact) mass is 319 g/mol. The van der Waals surface area contributed by atoms with Gasteiger partial charge in [-0.2, -0.15) is 0 Å². The maximum atomic E-state index is 13.6. The van der Waals surface area contributed by atoms with Crippen LogP contribution >= 0.6 is 0 Å². The Morgan fingerprint density at radius 2 is 2.00 bits per heavy atom. The summed E-state index contributed by atoms with van der Waals surface area (Å²) < 4.78 is 26.4. The van der Waals surface area contributed by atoms with Crippen LogP contribution in [0.2, 0.25) is 0 Å². The number of hydrogen-bond donors (Lipinski definition) is 2. The van der Waals surface area contributed by atoms with Gasteiger partial charge in [0, 0.05) is 25.0 Å². The van der Waals surface area contributed by atoms with Gasteiger partial charge in [-0.05, 0) is 24.6 Å². The number of halogens is 2. The third-order valence-corrected chi connectivity index (χ3v) is 3.29. The third kappa shape index (κ3) is 5.02. The van der Waals surface area contributed by atoms with E-state index in [0.29, 0.717) is 5.56 Å². The van der Waals surface area contributed by atoms with Gasteiger partial charge in [0.05, 0.1) is 16.9 Å². The maximum Gasteiger partial charge on any atom is 0.257 e. The van der Waals surface area contributed by atoms with Crippen LogP contribution in [0, 0.1) is 11.6 Å². The van der Waals surface area contributed by atoms with Gasteiger partial charge in [-0.25, -0.2) is 8.78 Å². The summed E-state index contributed by atoms with van der Waals surface area (Å²) in [5.41, 5.74) is 0.959. The van der Waals surface area contributed by atoms with Crippen LogP contribution in [0.1, 0.15) is 36.5 Å². The second-order valence-electron chi connectivity index (χ2n) is 5.17. The normalized spacial score (nSPS) is 10.4. The molecule has 1 aromatic heterocycles. The summed E-state index contributed by atoms with van der Waals surface area (Å²) >= 11 is 0. The Bertz CT molecular complexity index is 677. The first-order valence-corrected chi connectivity index (χ1v) is 7.55. The molecule has 1 amide bonds. The Hall–Kier alpha value is -2.50. The van der Waals surface area contributed by atoms with E-state index in [1.54, 1.807) is 12.3 Å². The minimum Gasteiger partial charge on any atom is -0.384 e. The minimum atomic E-state index is -0.819. The van der Waals surface area contributed by atoms with Crippen LogP contribution in [0.5, 0.6) is 0 Å². The lowest BCUT2D eigenvalue weighted by Crippen LogP contribution is -2.14. The number of amides is 1. The van der Waals surface area contributed by atoms with E-state index in [2.05, 4.69) is 22.5 Å². The highest BCUT2D eigenvalue weighted by Gasteiger charge is 2.11. The molecule has 0 unspecified atom stereocenters. The maximum absolute atomic E-state index is 13.6. The Morgan fingerprint density at radius 1 is 1.17 bits per heavy atom. The van der Waals surface area contributed by atoms with Crippen molar-refractivity contribution in [1.29, 1.82) is 0 Å². The Morgan fingerprint density at radius 3 is 2.74 bits per heavy atom. The lowest BCUT2D eigenvalue weighted by Gasteiger charge is -2.09. The quantitative estimate of drug-likeness (QED) is 0.752. The van der Waals surface area contributed by atoms with Gasteiger partial charge >= 0.3 is 0 Å². The van der Waals surface area contributed by atoms with Crippen molar-refractivity contribution in [3.63, 3.8) is 0 Å². The molecular weight excluding hydrogens is 300 g/mol. The summed E-state index contributed by atoms with van der Waals surface area (Å²) in [6.45, 7) is 2.92. The Balaban J connectivity index is 2.01. The van der Waals surface area contributed by atoms with Gasteiger partial charge in [0.2, 0.25) is 0 Å². The first kappa shape index (κ1) is 16.9. The summed E-state index contributed by atoms with van der Waals surface area (Å²) in [7, 11) is 0. The molecule has 0 aliphatic carbocycles. The average Bonchev–Trinajstić information content (AvgIpc) is 2.54. The molecule has 1 aromatic carbocycles. The molecule has 2 aromatic rings. The fraction of sp³-hybridized carbons (Fsp3) is 0.294. The van der Waals surface area contributed by atoms with Crippen molar-refractivity contribution >= 4 is 17.3 Å². The number of aromatic nitrogens is 1. The van der Waals surface area contributed by atoms with Gasteiger partial charge in [0.25, 0.3) is 5.91 Å². The van der Waals surface area contributed by atoms with Crippen molar-refractivity contribution in [3.8, 4) is 0 Å². The van der Waals surface area contributed by atoms with Crippen LogP contribution in [0.3, 0.4) is 0 Å². The molecule has 0 bridgehead atoms. The van der Waals surface area contributed by atoms with Crippen LogP contribution in [-0.4, -0.2) is 17.4 Å². The molecule has 0 aliphatic rings. The minimum absolute atomic E-state index is 0.0716. The highest BCUT2D eigenvalue weighted by Crippen LogP contribution is 2.17. The molecule has 23 heavy (non-hydrogen) atoms. The molecule has 0 fully saturated rings. The number of unbranched alkanes of at least 4 members (excludes halogenated alkanes) is 2. The zero-order chi connectivity index (χ0) is 16.7. The van der Waals surface area contributed by atoms with Gasteiger partial charge < -0.3 is 10.6 Å².